The summed E-state index contributed by atoms with van der Waals surface area (Å²) in [5.41, 5.74) is 2.09. The lowest BCUT2D eigenvalue weighted by molar-refractivity contribution is -0.122. The quantitative estimate of drug-likeness (QED) is 0.684. The summed E-state index contributed by atoms with van der Waals surface area (Å²) in [4.78, 5) is 27.4. The number of amides is 3. The maximum Gasteiger partial charge on any atom is 0.317 e. The van der Waals surface area contributed by atoms with E-state index in [9.17, 15) is 14.7 Å². The van der Waals surface area contributed by atoms with Gasteiger partial charge in [0.25, 0.3) is 0 Å². The SMILES string of the molecule is CN1C[C@@H](CC(=O)NCc2ccc(CN3CCNC3=O)cc2)[C@H](O)C1. The molecule has 2 atom stereocenters. The van der Waals surface area contributed by atoms with Gasteiger partial charge in [0.2, 0.25) is 5.91 Å². The van der Waals surface area contributed by atoms with Gasteiger partial charge in [0.1, 0.15) is 0 Å². The number of carbonyl (C=O) groups is 2. The summed E-state index contributed by atoms with van der Waals surface area (Å²) >= 11 is 0. The van der Waals surface area contributed by atoms with Gasteiger partial charge in [-0.25, -0.2) is 4.79 Å². The molecule has 2 aliphatic heterocycles. The van der Waals surface area contributed by atoms with Crippen molar-refractivity contribution in [1.29, 1.82) is 0 Å². The van der Waals surface area contributed by atoms with Gasteiger partial charge in [0.15, 0.2) is 0 Å². The maximum absolute atomic E-state index is 12.1. The number of benzene rings is 1. The molecule has 136 valence electrons. The van der Waals surface area contributed by atoms with Crippen molar-refractivity contribution >= 4 is 11.9 Å². The summed E-state index contributed by atoms with van der Waals surface area (Å²) in [6.07, 6.45) is -0.0639. The minimum absolute atomic E-state index is 0.0129. The number of nitrogens with one attached hydrogen (secondary N) is 2. The van der Waals surface area contributed by atoms with Crippen molar-refractivity contribution in [1.82, 2.24) is 20.4 Å². The summed E-state index contributed by atoms with van der Waals surface area (Å²) in [7, 11) is 1.95. The van der Waals surface area contributed by atoms with Crippen LogP contribution in [0.3, 0.4) is 0 Å². The van der Waals surface area contributed by atoms with Crippen LogP contribution in [-0.4, -0.2) is 66.2 Å². The van der Waals surface area contributed by atoms with E-state index in [0.717, 1.165) is 24.2 Å². The highest BCUT2D eigenvalue weighted by molar-refractivity contribution is 5.76. The average molecular weight is 346 g/mol. The van der Waals surface area contributed by atoms with Crippen LogP contribution >= 0.6 is 0 Å². The lowest BCUT2D eigenvalue weighted by Gasteiger charge is -2.15. The third kappa shape index (κ3) is 4.70. The summed E-state index contributed by atoms with van der Waals surface area (Å²) in [6.45, 7) is 3.91. The Morgan fingerprint density at radius 2 is 2.00 bits per heavy atom. The molecule has 25 heavy (non-hydrogen) atoms. The maximum atomic E-state index is 12.1. The van der Waals surface area contributed by atoms with Crippen LogP contribution in [0, 0.1) is 5.92 Å². The highest BCUT2D eigenvalue weighted by atomic mass is 16.3. The van der Waals surface area contributed by atoms with E-state index >= 15 is 0 Å². The normalized spacial score (nSPS) is 23.8. The van der Waals surface area contributed by atoms with Gasteiger partial charge in [-0.2, -0.15) is 0 Å². The molecule has 0 spiro atoms. The van der Waals surface area contributed by atoms with Gasteiger partial charge in [0.05, 0.1) is 6.10 Å². The molecule has 7 heteroatoms. The third-order valence-corrected chi connectivity index (χ3v) is 4.87. The molecule has 0 aromatic heterocycles. The van der Waals surface area contributed by atoms with E-state index in [4.69, 9.17) is 0 Å². The Labute approximate surface area is 148 Å². The molecule has 2 aliphatic rings. The fraction of sp³-hybridized carbons (Fsp3) is 0.556. The zero-order chi connectivity index (χ0) is 17.8. The van der Waals surface area contributed by atoms with E-state index in [1.807, 2.05) is 36.2 Å². The fourth-order valence-corrected chi connectivity index (χ4v) is 3.42. The largest absolute Gasteiger partial charge is 0.391 e. The van der Waals surface area contributed by atoms with Crippen molar-refractivity contribution in [3.63, 3.8) is 0 Å². The first-order valence-corrected chi connectivity index (χ1v) is 8.75. The van der Waals surface area contributed by atoms with Gasteiger partial charge >= 0.3 is 6.03 Å². The Morgan fingerprint density at radius 1 is 1.28 bits per heavy atom. The lowest BCUT2D eigenvalue weighted by Crippen LogP contribution is -2.29. The molecule has 0 radical (unpaired) electrons. The molecule has 1 aromatic carbocycles. The number of carbonyl (C=O) groups excluding carboxylic acids is 2. The van der Waals surface area contributed by atoms with Gasteiger partial charge in [0, 0.05) is 51.6 Å². The fourth-order valence-electron chi connectivity index (χ4n) is 3.42. The topological polar surface area (TPSA) is 84.9 Å². The molecule has 7 nitrogen and oxygen atoms in total. The van der Waals surface area contributed by atoms with E-state index in [1.54, 1.807) is 4.90 Å². The second kappa shape index (κ2) is 7.84. The minimum atomic E-state index is -0.419. The number of hydrogen-bond acceptors (Lipinski definition) is 4. The van der Waals surface area contributed by atoms with Crippen molar-refractivity contribution in [2.45, 2.75) is 25.6 Å². The number of likely N-dealkylation sites (tertiary alicyclic amines) is 1. The summed E-state index contributed by atoms with van der Waals surface area (Å²) in [6, 6.07) is 7.91. The molecular weight excluding hydrogens is 320 g/mol. The average Bonchev–Trinajstić information content (AvgIpc) is 3.12. The number of likely N-dealkylation sites (N-methyl/N-ethyl adjacent to an activating group) is 1. The summed E-state index contributed by atoms with van der Waals surface area (Å²) in [5.74, 6) is -0.0175. The van der Waals surface area contributed by atoms with Crippen LogP contribution in [0.25, 0.3) is 0 Å². The Bertz CT molecular complexity index is 619. The Morgan fingerprint density at radius 3 is 2.60 bits per heavy atom. The highest BCUT2D eigenvalue weighted by Gasteiger charge is 2.30. The van der Waals surface area contributed by atoms with Crippen molar-refractivity contribution in [2.24, 2.45) is 5.92 Å². The smallest absolute Gasteiger partial charge is 0.317 e. The minimum Gasteiger partial charge on any atom is -0.391 e. The molecular formula is C18H26N4O3. The summed E-state index contributed by atoms with van der Waals surface area (Å²) < 4.78 is 0. The van der Waals surface area contributed by atoms with E-state index in [1.165, 1.54) is 0 Å². The molecule has 2 saturated heterocycles. The van der Waals surface area contributed by atoms with Crippen LogP contribution < -0.4 is 10.6 Å². The van der Waals surface area contributed by atoms with Gasteiger partial charge < -0.3 is 25.5 Å². The number of aliphatic hydroxyl groups is 1. The van der Waals surface area contributed by atoms with Gasteiger partial charge in [-0.3, -0.25) is 4.79 Å². The zero-order valence-corrected chi connectivity index (χ0v) is 14.6. The Kier molecular flexibility index (Phi) is 5.55. The van der Waals surface area contributed by atoms with E-state index in [0.29, 0.717) is 32.6 Å². The van der Waals surface area contributed by atoms with Crippen LogP contribution in [-0.2, 0) is 17.9 Å². The summed E-state index contributed by atoms with van der Waals surface area (Å²) in [5, 5.41) is 15.6. The molecule has 3 amide bonds. The van der Waals surface area contributed by atoms with Crippen LogP contribution in [0.1, 0.15) is 17.5 Å². The standard InChI is InChI=1S/C18H26N4O3/c1-21-11-15(16(23)12-21)8-17(24)20-9-13-2-4-14(5-3-13)10-22-7-6-19-18(22)25/h2-5,15-16,23H,6-12H2,1H3,(H,19,25)(H,20,24)/t15-,16-/m1/s1. The highest BCUT2D eigenvalue weighted by Crippen LogP contribution is 2.18. The molecule has 0 bridgehead atoms. The molecule has 2 fully saturated rings. The number of β-amino-alcohol motifs (C(OH)–C–C–N with tert-alkyl or cyclic N) is 1. The van der Waals surface area contributed by atoms with E-state index in [2.05, 4.69) is 10.6 Å². The van der Waals surface area contributed by atoms with Crippen molar-refractivity contribution in [3.8, 4) is 0 Å². The second-order valence-corrected chi connectivity index (χ2v) is 7.00. The number of hydrogen-bond donors (Lipinski definition) is 3. The molecule has 3 N–H and O–H groups in total. The molecule has 1 aromatic rings. The molecule has 0 aliphatic carbocycles. The van der Waals surface area contributed by atoms with Crippen LogP contribution in [0.4, 0.5) is 4.79 Å². The molecule has 3 rings (SSSR count). The third-order valence-electron chi connectivity index (χ3n) is 4.87. The first kappa shape index (κ1) is 17.7. The van der Waals surface area contributed by atoms with Crippen molar-refractivity contribution < 1.29 is 14.7 Å². The molecule has 2 heterocycles. The monoisotopic (exact) mass is 346 g/mol. The Hall–Kier alpha value is -2.12. The van der Waals surface area contributed by atoms with Crippen LogP contribution in [0.5, 0.6) is 0 Å². The first-order chi connectivity index (χ1) is 12.0. The van der Waals surface area contributed by atoms with Crippen molar-refractivity contribution in [3.05, 3.63) is 35.4 Å². The van der Waals surface area contributed by atoms with Gasteiger partial charge in [-0.05, 0) is 18.2 Å². The number of rotatable bonds is 6. The predicted octanol–water partition coefficient (Wildman–Crippen LogP) is 0.141. The number of urea groups is 1. The van der Waals surface area contributed by atoms with Crippen LogP contribution in [0.15, 0.2) is 24.3 Å². The second-order valence-electron chi connectivity index (χ2n) is 7.00. The van der Waals surface area contributed by atoms with Gasteiger partial charge in [-0.1, -0.05) is 24.3 Å². The number of aliphatic hydroxyl groups excluding tert-OH is 1. The van der Waals surface area contributed by atoms with Gasteiger partial charge in [-0.15, -0.1) is 0 Å². The van der Waals surface area contributed by atoms with Crippen LogP contribution in [0.2, 0.25) is 0 Å². The lowest BCUT2D eigenvalue weighted by atomic mass is 10.0. The molecule has 0 unspecified atom stereocenters. The Balaban J connectivity index is 1.43. The molecule has 0 saturated carbocycles. The van der Waals surface area contributed by atoms with E-state index in [-0.39, 0.29) is 17.9 Å². The predicted molar refractivity (Wildman–Crippen MR) is 93.7 cm³/mol. The first-order valence-electron chi connectivity index (χ1n) is 8.75. The van der Waals surface area contributed by atoms with Crippen molar-refractivity contribution in [2.75, 3.05) is 33.2 Å². The number of nitrogens with zero attached hydrogens (tertiary/aromatic N) is 2. The zero-order valence-electron chi connectivity index (χ0n) is 14.6. The van der Waals surface area contributed by atoms with E-state index < -0.39 is 6.10 Å².